The highest BCUT2D eigenvalue weighted by atomic mass is 32.2. The molecule has 0 saturated heterocycles. The lowest BCUT2D eigenvalue weighted by Crippen LogP contribution is -2.38. The Hall–Kier alpha value is -3.59. The number of amidine groups is 1. The molecule has 0 fully saturated rings. The molecule has 8 nitrogen and oxygen atoms in total. The second-order valence-corrected chi connectivity index (χ2v) is 8.59. The van der Waals surface area contributed by atoms with Crippen LogP contribution in [0.15, 0.2) is 76.0 Å². The molecular formula is C25H26N4O4S. The Kier molecular flexibility index (Phi) is 7.32. The van der Waals surface area contributed by atoms with E-state index in [2.05, 4.69) is 15.3 Å². The minimum Gasteiger partial charge on any atom is -0.497 e. The number of ether oxygens (including phenoxy) is 2. The van der Waals surface area contributed by atoms with E-state index in [-0.39, 0.29) is 12.3 Å². The number of aromatic nitrogens is 1. The van der Waals surface area contributed by atoms with Gasteiger partial charge in [-0.05, 0) is 42.2 Å². The van der Waals surface area contributed by atoms with E-state index in [0.29, 0.717) is 30.0 Å². The number of hydrogen-bond acceptors (Lipinski definition) is 8. The number of thioether (sulfide) groups is 1. The number of nitrogens with zero attached hydrogens (tertiary/aromatic N) is 3. The fourth-order valence-corrected chi connectivity index (χ4v) is 4.91. The fraction of sp³-hybridized carbons (Fsp3) is 0.280. The Balaban J connectivity index is 1.54. The predicted octanol–water partition coefficient (Wildman–Crippen LogP) is 3.59. The van der Waals surface area contributed by atoms with Crippen molar-refractivity contribution in [3.05, 3.63) is 82.3 Å². The summed E-state index contributed by atoms with van der Waals surface area (Å²) in [7, 11) is 2.96. The molecule has 0 unspecified atom stereocenters. The summed E-state index contributed by atoms with van der Waals surface area (Å²) >= 11 is 1.44. The van der Waals surface area contributed by atoms with E-state index < -0.39 is 12.0 Å². The molecule has 1 aromatic carbocycles. The third kappa shape index (κ3) is 4.99. The summed E-state index contributed by atoms with van der Waals surface area (Å²) in [5.74, 6) is 0.160. The lowest BCUT2D eigenvalue weighted by Gasteiger charge is -2.36. The number of methoxy groups -OCH3 is 2. The van der Waals surface area contributed by atoms with Crippen LogP contribution in [0, 0.1) is 0 Å². The molecule has 1 N–H and O–H groups in total. The van der Waals surface area contributed by atoms with E-state index in [1.165, 1.54) is 18.9 Å². The number of pyridine rings is 1. The molecule has 2 aromatic rings. The van der Waals surface area contributed by atoms with Gasteiger partial charge < -0.3 is 19.7 Å². The Morgan fingerprint density at radius 2 is 1.94 bits per heavy atom. The molecule has 2 aliphatic rings. The van der Waals surface area contributed by atoms with Gasteiger partial charge in [-0.25, -0.2) is 9.79 Å². The maximum Gasteiger partial charge on any atom is 0.338 e. The maximum absolute atomic E-state index is 12.8. The summed E-state index contributed by atoms with van der Waals surface area (Å²) in [6, 6.07) is 12.8. The summed E-state index contributed by atoms with van der Waals surface area (Å²) in [5.41, 5.74) is 3.61. The van der Waals surface area contributed by atoms with Crippen molar-refractivity contribution in [2.24, 2.45) is 4.99 Å². The van der Waals surface area contributed by atoms with Crippen molar-refractivity contribution in [3.63, 3.8) is 0 Å². The zero-order valence-corrected chi connectivity index (χ0v) is 20.1. The van der Waals surface area contributed by atoms with Gasteiger partial charge in [0.05, 0.1) is 38.0 Å². The first kappa shape index (κ1) is 23.6. The third-order valence-electron chi connectivity index (χ3n) is 5.61. The molecule has 4 rings (SSSR count). The molecule has 0 saturated carbocycles. The zero-order chi connectivity index (χ0) is 24.1. The molecule has 9 heteroatoms. The first-order valence-electron chi connectivity index (χ1n) is 10.8. The Morgan fingerprint density at radius 1 is 1.15 bits per heavy atom. The van der Waals surface area contributed by atoms with Crippen molar-refractivity contribution in [1.29, 1.82) is 0 Å². The Labute approximate surface area is 202 Å². The van der Waals surface area contributed by atoms with Crippen LogP contribution in [-0.2, 0) is 20.7 Å². The van der Waals surface area contributed by atoms with Crippen molar-refractivity contribution >= 4 is 28.8 Å². The highest BCUT2D eigenvalue weighted by Crippen LogP contribution is 2.44. The Morgan fingerprint density at radius 3 is 2.62 bits per heavy atom. The minimum absolute atomic E-state index is 0.108. The van der Waals surface area contributed by atoms with Gasteiger partial charge in [-0.15, -0.1) is 0 Å². The molecular weight excluding hydrogens is 452 g/mol. The average molecular weight is 479 g/mol. The molecule has 2 aliphatic heterocycles. The van der Waals surface area contributed by atoms with E-state index in [1.54, 1.807) is 20.2 Å². The second kappa shape index (κ2) is 10.6. The number of esters is 1. The minimum atomic E-state index is -0.464. The SMILES string of the molecule is COC(=O)C1=C(C)N=C2SC=C(CC(=O)NCCc3ccccn3)N2[C@H]1c1ccc(OC)cc1. The third-order valence-corrected chi connectivity index (χ3v) is 6.50. The molecule has 1 atom stereocenters. The topological polar surface area (TPSA) is 93.1 Å². The van der Waals surface area contributed by atoms with Crippen LogP contribution in [0.1, 0.15) is 30.6 Å². The van der Waals surface area contributed by atoms with Crippen molar-refractivity contribution < 1.29 is 19.1 Å². The van der Waals surface area contributed by atoms with E-state index in [1.807, 2.05) is 52.8 Å². The smallest absolute Gasteiger partial charge is 0.338 e. The van der Waals surface area contributed by atoms with E-state index in [9.17, 15) is 9.59 Å². The van der Waals surface area contributed by atoms with E-state index in [4.69, 9.17) is 9.47 Å². The number of aliphatic imine (C=N–C) groups is 1. The van der Waals surface area contributed by atoms with Crippen LogP contribution in [-0.4, -0.2) is 47.7 Å². The predicted molar refractivity (Wildman–Crippen MR) is 131 cm³/mol. The summed E-state index contributed by atoms with van der Waals surface area (Å²) in [4.78, 5) is 36.4. The van der Waals surface area contributed by atoms with Gasteiger partial charge in [0.15, 0.2) is 5.17 Å². The highest BCUT2D eigenvalue weighted by Gasteiger charge is 2.40. The fourth-order valence-electron chi connectivity index (χ4n) is 3.95. The molecule has 0 radical (unpaired) electrons. The number of rotatable bonds is 8. The van der Waals surface area contributed by atoms with Gasteiger partial charge in [-0.2, -0.15) is 0 Å². The van der Waals surface area contributed by atoms with E-state index >= 15 is 0 Å². The molecule has 0 spiro atoms. The monoisotopic (exact) mass is 478 g/mol. The molecule has 0 aliphatic carbocycles. The first-order chi connectivity index (χ1) is 16.5. The zero-order valence-electron chi connectivity index (χ0n) is 19.3. The summed E-state index contributed by atoms with van der Waals surface area (Å²) in [6.45, 7) is 2.29. The van der Waals surface area contributed by atoms with Crippen molar-refractivity contribution in [3.8, 4) is 5.75 Å². The van der Waals surface area contributed by atoms with Gasteiger partial charge in [0.2, 0.25) is 5.91 Å². The quantitative estimate of drug-likeness (QED) is 0.580. The summed E-state index contributed by atoms with van der Waals surface area (Å²) in [5, 5.41) is 5.60. The number of fused-ring (bicyclic) bond motifs is 1. The van der Waals surface area contributed by atoms with Crippen LogP contribution in [0.2, 0.25) is 0 Å². The van der Waals surface area contributed by atoms with Gasteiger partial charge in [0, 0.05) is 30.6 Å². The van der Waals surface area contributed by atoms with E-state index in [0.717, 1.165) is 22.1 Å². The van der Waals surface area contributed by atoms with Gasteiger partial charge >= 0.3 is 5.97 Å². The number of carbonyl (C=O) groups excluding carboxylic acids is 2. The summed E-state index contributed by atoms with van der Waals surface area (Å²) < 4.78 is 10.4. The number of allylic oxidation sites excluding steroid dienone is 1. The highest BCUT2D eigenvalue weighted by molar-refractivity contribution is 8.16. The van der Waals surface area contributed by atoms with Crippen LogP contribution < -0.4 is 10.1 Å². The number of carbonyl (C=O) groups is 2. The number of nitrogens with one attached hydrogen (secondary N) is 1. The van der Waals surface area contributed by atoms with Crippen LogP contribution in [0.3, 0.4) is 0 Å². The Bertz CT molecular complexity index is 1160. The normalized spacial score (nSPS) is 17.0. The first-order valence-corrected chi connectivity index (χ1v) is 11.7. The van der Waals surface area contributed by atoms with Crippen LogP contribution in [0.4, 0.5) is 0 Å². The van der Waals surface area contributed by atoms with Gasteiger partial charge in [-0.3, -0.25) is 9.78 Å². The van der Waals surface area contributed by atoms with Crippen LogP contribution in [0.25, 0.3) is 0 Å². The van der Waals surface area contributed by atoms with Gasteiger partial charge in [-0.1, -0.05) is 30.0 Å². The lowest BCUT2D eigenvalue weighted by molar-refractivity contribution is -0.136. The standard InChI is InChI=1S/C25H26N4O4S/c1-16-22(24(31)33-3)23(17-7-9-20(32-2)10-8-17)29-19(15-34-25(29)28-16)14-21(30)27-13-11-18-6-4-5-12-26-18/h4-10,12,15,23H,11,13-14H2,1-3H3,(H,27,30)/t23-/m0/s1. The molecule has 3 heterocycles. The second-order valence-electron chi connectivity index (χ2n) is 7.76. The number of amides is 1. The molecule has 34 heavy (non-hydrogen) atoms. The van der Waals surface area contributed by atoms with Crippen LogP contribution >= 0.6 is 11.8 Å². The average Bonchev–Trinajstić information content (AvgIpc) is 3.25. The van der Waals surface area contributed by atoms with Gasteiger partial charge in [0.25, 0.3) is 0 Å². The summed E-state index contributed by atoms with van der Waals surface area (Å²) in [6.07, 6.45) is 2.55. The largest absolute Gasteiger partial charge is 0.497 e. The van der Waals surface area contributed by atoms with Crippen molar-refractivity contribution in [2.75, 3.05) is 20.8 Å². The number of hydrogen-bond donors (Lipinski definition) is 1. The molecule has 1 aromatic heterocycles. The number of benzene rings is 1. The molecule has 176 valence electrons. The lowest BCUT2D eigenvalue weighted by atomic mass is 9.94. The van der Waals surface area contributed by atoms with Gasteiger partial charge in [0.1, 0.15) is 5.75 Å². The molecule has 0 bridgehead atoms. The van der Waals surface area contributed by atoms with Crippen molar-refractivity contribution in [1.82, 2.24) is 15.2 Å². The van der Waals surface area contributed by atoms with Crippen molar-refractivity contribution in [2.45, 2.75) is 25.8 Å². The van der Waals surface area contributed by atoms with Crippen LogP contribution in [0.5, 0.6) is 5.75 Å². The maximum atomic E-state index is 12.8. The molecule has 1 amide bonds.